The second-order valence-corrected chi connectivity index (χ2v) is 7.03. The number of nitrogens with zero attached hydrogens (tertiary/aromatic N) is 3. The zero-order chi connectivity index (χ0) is 18.6. The number of aryl methyl sites for hydroxylation is 1. The summed E-state index contributed by atoms with van der Waals surface area (Å²) in [4.78, 5) is 7.09. The van der Waals surface area contributed by atoms with Crippen molar-refractivity contribution in [2.45, 2.75) is 32.6 Å². The van der Waals surface area contributed by atoms with Crippen LogP contribution < -0.4 is 9.64 Å². The minimum absolute atomic E-state index is 0.529. The molecule has 1 aliphatic heterocycles. The van der Waals surface area contributed by atoms with Gasteiger partial charge in [-0.15, -0.1) is 0 Å². The summed E-state index contributed by atoms with van der Waals surface area (Å²) < 4.78 is 10.9. The molecule has 0 radical (unpaired) electrons. The SMILES string of the molecule is COc1ccccc1-c1noc(-c2ccc(N3CCCCCC3)c(C)c2)n1. The normalized spacial score (nSPS) is 14.8. The number of hydrogen-bond donors (Lipinski definition) is 0. The number of benzene rings is 2. The van der Waals surface area contributed by atoms with Crippen molar-refractivity contribution >= 4 is 5.69 Å². The van der Waals surface area contributed by atoms with Crippen molar-refractivity contribution in [3.05, 3.63) is 48.0 Å². The predicted molar refractivity (Wildman–Crippen MR) is 107 cm³/mol. The Morgan fingerprint density at radius 1 is 1.00 bits per heavy atom. The molecule has 3 aromatic rings. The van der Waals surface area contributed by atoms with E-state index in [0.717, 1.165) is 30.0 Å². The quantitative estimate of drug-likeness (QED) is 0.645. The highest BCUT2D eigenvalue weighted by atomic mass is 16.5. The molecule has 0 amide bonds. The third kappa shape index (κ3) is 3.68. The van der Waals surface area contributed by atoms with Gasteiger partial charge in [0.15, 0.2) is 0 Å². The topological polar surface area (TPSA) is 51.4 Å². The van der Waals surface area contributed by atoms with Crippen LogP contribution in [0.15, 0.2) is 47.0 Å². The summed E-state index contributed by atoms with van der Waals surface area (Å²) in [6, 6.07) is 14.1. The van der Waals surface area contributed by atoms with Gasteiger partial charge in [-0.3, -0.25) is 0 Å². The molecule has 140 valence electrons. The van der Waals surface area contributed by atoms with Crippen LogP contribution in [0.5, 0.6) is 5.75 Å². The van der Waals surface area contributed by atoms with E-state index in [1.807, 2.05) is 24.3 Å². The third-order valence-electron chi connectivity index (χ3n) is 5.16. The standard InChI is InChI=1S/C22H25N3O2/c1-16-15-17(11-12-19(16)25-13-7-3-4-8-14-25)22-23-21(24-27-22)18-9-5-6-10-20(18)26-2/h5-6,9-12,15H,3-4,7-8,13-14H2,1-2H3. The van der Waals surface area contributed by atoms with Gasteiger partial charge >= 0.3 is 0 Å². The fourth-order valence-electron chi connectivity index (χ4n) is 3.73. The van der Waals surface area contributed by atoms with Gasteiger partial charge in [0.2, 0.25) is 5.82 Å². The molecule has 1 fully saturated rings. The van der Waals surface area contributed by atoms with E-state index >= 15 is 0 Å². The number of ether oxygens (including phenoxy) is 1. The van der Waals surface area contributed by atoms with Crippen molar-refractivity contribution < 1.29 is 9.26 Å². The van der Waals surface area contributed by atoms with Gasteiger partial charge in [-0.05, 0) is 55.7 Å². The van der Waals surface area contributed by atoms with Crippen LogP contribution in [0.1, 0.15) is 31.2 Å². The van der Waals surface area contributed by atoms with Crippen LogP contribution in [0.3, 0.4) is 0 Å². The molecule has 0 spiro atoms. The molecule has 5 nitrogen and oxygen atoms in total. The predicted octanol–water partition coefficient (Wildman–Crippen LogP) is 5.10. The number of rotatable bonds is 4. The van der Waals surface area contributed by atoms with Gasteiger partial charge in [-0.2, -0.15) is 4.98 Å². The molecule has 0 atom stereocenters. The van der Waals surface area contributed by atoms with E-state index in [0.29, 0.717) is 11.7 Å². The molecule has 0 saturated carbocycles. The Morgan fingerprint density at radius 2 is 1.78 bits per heavy atom. The van der Waals surface area contributed by atoms with Crippen molar-refractivity contribution in [1.82, 2.24) is 10.1 Å². The van der Waals surface area contributed by atoms with Crippen LogP contribution in [-0.4, -0.2) is 30.3 Å². The van der Waals surface area contributed by atoms with Gasteiger partial charge in [0.25, 0.3) is 5.89 Å². The zero-order valence-corrected chi connectivity index (χ0v) is 15.9. The average Bonchev–Trinajstić information content (AvgIpc) is 3.04. The lowest BCUT2D eigenvalue weighted by Gasteiger charge is -2.24. The Labute approximate surface area is 160 Å². The molecule has 2 heterocycles. The molecule has 0 aliphatic carbocycles. The third-order valence-corrected chi connectivity index (χ3v) is 5.16. The minimum atomic E-state index is 0.529. The second kappa shape index (κ2) is 7.82. The highest BCUT2D eigenvalue weighted by Crippen LogP contribution is 2.31. The van der Waals surface area contributed by atoms with Crippen molar-refractivity contribution in [1.29, 1.82) is 0 Å². The number of hydrogen-bond acceptors (Lipinski definition) is 5. The maximum absolute atomic E-state index is 5.53. The van der Waals surface area contributed by atoms with E-state index in [2.05, 4.69) is 40.2 Å². The average molecular weight is 363 g/mol. The lowest BCUT2D eigenvalue weighted by atomic mass is 10.1. The molecule has 1 saturated heterocycles. The van der Waals surface area contributed by atoms with Crippen molar-refractivity contribution in [3.63, 3.8) is 0 Å². The fraction of sp³-hybridized carbons (Fsp3) is 0.364. The maximum Gasteiger partial charge on any atom is 0.258 e. The largest absolute Gasteiger partial charge is 0.496 e. The number of para-hydroxylation sites is 1. The molecule has 5 heteroatoms. The van der Waals surface area contributed by atoms with E-state index in [-0.39, 0.29) is 0 Å². The van der Waals surface area contributed by atoms with Crippen molar-refractivity contribution in [3.8, 4) is 28.6 Å². The summed E-state index contributed by atoms with van der Waals surface area (Å²) in [5.41, 5.74) is 4.32. The van der Waals surface area contributed by atoms with Crippen LogP contribution in [0.25, 0.3) is 22.8 Å². The Balaban J connectivity index is 1.61. The van der Waals surface area contributed by atoms with Gasteiger partial charge in [0, 0.05) is 24.3 Å². The van der Waals surface area contributed by atoms with Crippen LogP contribution in [0, 0.1) is 6.92 Å². The molecule has 1 aromatic heterocycles. The lowest BCUT2D eigenvalue weighted by Crippen LogP contribution is -2.24. The van der Waals surface area contributed by atoms with E-state index in [4.69, 9.17) is 9.26 Å². The van der Waals surface area contributed by atoms with E-state index in [9.17, 15) is 0 Å². The second-order valence-electron chi connectivity index (χ2n) is 7.03. The molecule has 0 unspecified atom stereocenters. The van der Waals surface area contributed by atoms with Gasteiger partial charge in [-0.1, -0.05) is 30.1 Å². The van der Waals surface area contributed by atoms with Crippen molar-refractivity contribution in [2.75, 3.05) is 25.1 Å². The van der Waals surface area contributed by atoms with Crippen LogP contribution in [0.2, 0.25) is 0 Å². The van der Waals surface area contributed by atoms with Gasteiger partial charge in [0.05, 0.1) is 12.7 Å². The Bertz CT molecular complexity index is 911. The minimum Gasteiger partial charge on any atom is -0.496 e. The van der Waals surface area contributed by atoms with E-state index < -0.39 is 0 Å². The Kier molecular flexibility index (Phi) is 5.10. The summed E-state index contributed by atoms with van der Waals surface area (Å²) in [7, 11) is 1.64. The summed E-state index contributed by atoms with van der Waals surface area (Å²) in [6.45, 7) is 4.43. The lowest BCUT2D eigenvalue weighted by molar-refractivity contribution is 0.413. The first-order valence-electron chi connectivity index (χ1n) is 9.59. The highest BCUT2D eigenvalue weighted by molar-refractivity contribution is 5.68. The Hall–Kier alpha value is -2.82. The van der Waals surface area contributed by atoms with Crippen LogP contribution in [0.4, 0.5) is 5.69 Å². The number of methoxy groups -OCH3 is 1. The molecular formula is C22H25N3O2. The first kappa shape index (κ1) is 17.6. The summed E-state index contributed by atoms with van der Waals surface area (Å²) in [6.07, 6.45) is 5.21. The van der Waals surface area contributed by atoms with Gasteiger partial charge in [0.1, 0.15) is 5.75 Å². The maximum atomic E-state index is 5.53. The first-order chi connectivity index (χ1) is 13.3. The molecule has 27 heavy (non-hydrogen) atoms. The first-order valence-corrected chi connectivity index (χ1v) is 9.59. The van der Waals surface area contributed by atoms with Gasteiger partial charge in [-0.25, -0.2) is 0 Å². The number of aromatic nitrogens is 2. The summed E-state index contributed by atoms with van der Waals surface area (Å²) in [5.74, 6) is 1.80. The molecule has 0 bridgehead atoms. The zero-order valence-electron chi connectivity index (χ0n) is 15.9. The van der Waals surface area contributed by atoms with Crippen molar-refractivity contribution in [2.24, 2.45) is 0 Å². The van der Waals surface area contributed by atoms with Crippen LogP contribution >= 0.6 is 0 Å². The fourth-order valence-corrected chi connectivity index (χ4v) is 3.73. The number of anilines is 1. The summed E-state index contributed by atoms with van der Waals surface area (Å²) >= 11 is 0. The van der Waals surface area contributed by atoms with E-state index in [1.54, 1.807) is 7.11 Å². The molecule has 1 aliphatic rings. The highest BCUT2D eigenvalue weighted by Gasteiger charge is 2.16. The monoisotopic (exact) mass is 363 g/mol. The Morgan fingerprint density at radius 3 is 2.52 bits per heavy atom. The molecule has 4 rings (SSSR count). The van der Waals surface area contributed by atoms with Crippen LogP contribution in [-0.2, 0) is 0 Å². The van der Waals surface area contributed by atoms with E-state index in [1.165, 1.54) is 36.9 Å². The summed E-state index contributed by atoms with van der Waals surface area (Å²) in [5, 5.41) is 4.15. The molecular weight excluding hydrogens is 338 g/mol. The molecule has 0 N–H and O–H groups in total. The smallest absolute Gasteiger partial charge is 0.258 e. The molecule has 2 aromatic carbocycles. The van der Waals surface area contributed by atoms with Gasteiger partial charge < -0.3 is 14.2 Å².